The molecule has 6 nitrogen and oxygen atoms in total. The third-order valence-electron chi connectivity index (χ3n) is 4.02. The van der Waals surface area contributed by atoms with E-state index < -0.39 is 35.2 Å². The van der Waals surface area contributed by atoms with Gasteiger partial charge in [-0.25, -0.2) is 8.78 Å². The number of aromatic amines is 1. The van der Waals surface area contributed by atoms with Crippen LogP contribution in [0.2, 0.25) is 0 Å². The van der Waals surface area contributed by atoms with Gasteiger partial charge in [0.15, 0.2) is 11.6 Å². The summed E-state index contributed by atoms with van der Waals surface area (Å²) in [7, 11) is 0. The molecule has 0 saturated heterocycles. The molecule has 0 bridgehead atoms. The predicted molar refractivity (Wildman–Crippen MR) is 96.8 cm³/mol. The minimum absolute atomic E-state index is 0.0880. The fourth-order valence-corrected chi connectivity index (χ4v) is 2.55. The summed E-state index contributed by atoms with van der Waals surface area (Å²) in [6.07, 6.45) is -3.17. The number of hydrogen-bond acceptors (Lipinski definition) is 3. The Bertz CT molecular complexity index is 1080. The summed E-state index contributed by atoms with van der Waals surface area (Å²) in [4.78, 5) is 26.4. The van der Waals surface area contributed by atoms with Crippen LogP contribution < -0.4 is 15.4 Å². The monoisotopic (exact) mass is 427 g/mol. The molecular formula is C19H14F5N3O3. The molecule has 0 spiro atoms. The van der Waals surface area contributed by atoms with Crippen LogP contribution in [-0.2, 0) is 15.8 Å². The Morgan fingerprint density at radius 3 is 2.33 bits per heavy atom. The Morgan fingerprint density at radius 2 is 1.67 bits per heavy atom. The highest BCUT2D eigenvalue weighted by Crippen LogP contribution is 2.30. The third-order valence-corrected chi connectivity index (χ3v) is 4.02. The molecule has 30 heavy (non-hydrogen) atoms. The first-order valence-corrected chi connectivity index (χ1v) is 8.50. The predicted octanol–water partition coefficient (Wildman–Crippen LogP) is 3.60. The number of halogens is 5. The number of anilines is 1. The SMILES string of the molecule is O=C(NCCOc1ccc(C(F)(F)F)cc1)C(=O)Nc1c[nH]c2cc(F)c(F)cc12. The molecule has 1 aromatic heterocycles. The van der Waals surface area contributed by atoms with Crippen LogP contribution in [0.1, 0.15) is 5.56 Å². The van der Waals surface area contributed by atoms with Crippen LogP contribution in [0.15, 0.2) is 42.6 Å². The van der Waals surface area contributed by atoms with Gasteiger partial charge in [0.25, 0.3) is 0 Å². The van der Waals surface area contributed by atoms with E-state index in [2.05, 4.69) is 15.6 Å². The van der Waals surface area contributed by atoms with Gasteiger partial charge in [-0.2, -0.15) is 13.2 Å². The summed E-state index contributed by atoms with van der Waals surface area (Å²) >= 11 is 0. The number of alkyl halides is 3. The van der Waals surface area contributed by atoms with Crippen LogP contribution in [0.25, 0.3) is 10.9 Å². The minimum Gasteiger partial charge on any atom is -0.492 e. The Balaban J connectivity index is 1.48. The smallest absolute Gasteiger partial charge is 0.416 e. The molecule has 0 unspecified atom stereocenters. The second-order valence-electron chi connectivity index (χ2n) is 6.09. The van der Waals surface area contributed by atoms with E-state index in [4.69, 9.17) is 4.74 Å². The van der Waals surface area contributed by atoms with Crippen molar-refractivity contribution in [3.05, 3.63) is 59.8 Å². The van der Waals surface area contributed by atoms with Crippen molar-refractivity contribution in [3.8, 4) is 5.75 Å². The molecule has 3 N–H and O–H groups in total. The number of carbonyl (C=O) groups excluding carboxylic acids is 2. The standard InChI is InChI=1S/C19H14F5N3O3/c20-13-7-12-15(8-14(13)21)26-9-16(12)27-18(29)17(28)25-5-6-30-11-3-1-10(2-4-11)19(22,23)24/h1-4,7-9,26H,5-6H2,(H,25,28)(H,27,29). The maximum Gasteiger partial charge on any atom is 0.416 e. The number of H-pyrrole nitrogens is 1. The van der Waals surface area contributed by atoms with Crippen molar-refractivity contribution in [2.75, 3.05) is 18.5 Å². The number of aromatic nitrogens is 1. The second-order valence-corrected chi connectivity index (χ2v) is 6.09. The average molecular weight is 427 g/mol. The second kappa shape index (κ2) is 8.39. The van der Waals surface area contributed by atoms with Crippen LogP contribution in [0.5, 0.6) is 5.75 Å². The number of ether oxygens (including phenoxy) is 1. The van der Waals surface area contributed by atoms with Gasteiger partial charge in [0.05, 0.1) is 23.3 Å². The molecule has 158 valence electrons. The number of nitrogens with one attached hydrogen (secondary N) is 3. The maximum atomic E-state index is 13.4. The molecule has 1 heterocycles. The highest BCUT2D eigenvalue weighted by atomic mass is 19.4. The van der Waals surface area contributed by atoms with Gasteiger partial charge in [0.1, 0.15) is 12.4 Å². The maximum absolute atomic E-state index is 13.4. The first-order valence-electron chi connectivity index (χ1n) is 8.50. The van der Waals surface area contributed by atoms with E-state index in [1.807, 2.05) is 0 Å². The van der Waals surface area contributed by atoms with Gasteiger partial charge in [-0.05, 0) is 30.3 Å². The molecule has 0 saturated carbocycles. The van der Waals surface area contributed by atoms with Crippen molar-refractivity contribution < 1.29 is 36.3 Å². The molecule has 2 aromatic carbocycles. The fraction of sp³-hybridized carbons (Fsp3) is 0.158. The molecule has 0 aliphatic rings. The summed E-state index contributed by atoms with van der Waals surface area (Å²) in [5.74, 6) is -4.07. The van der Waals surface area contributed by atoms with Crippen molar-refractivity contribution in [1.82, 2.24) is 10.3 Å². The minimum atomic E-state index is -4.45. The van der Waals surface area contributed by atoms with E-state index in [-0.39, 0.29) is 35.5 Å². The van der Waals surface area contributed by atoms with Crippen molar-refractivity contribution >= 4 is 28.4 Å². The molecule has 0 atom stereocenters. The quantitative estimate of drug-likeness (QED) is 0.331. The van der Waals surface area contributed by atoms with Crippen molar-refractivity contribution in [2.24, 2.45) is 0 Å². The van der Waals surface area contributed by atoms with Gasteiger partial charge in [-0.15, -0.1) is 0 Å². The zero-order valence-corrected chi connectivity index (χ0v) is 15.1. The Labute approximate surface area is 166 Å². The Hall–Kier alpha value is -3.63. The van der Waals surface area contributed by atoms with E-state index in [1.165, 1.54) is 6.20 Å². The Morgan fingerprint density at radius 1 is 1.00 bits per heavy atom. The number of fused-ring (bicyclic) bond motifs is 1. The lowest BCUT2D eigenvalue weighted by Crippen LogP contribution is -2.37. The zero-order valence-electron chi connectivity index (χ0n) is 15.1. The van der Waals surface area contributed by atoms with Crippen LogP contribution in [0.3, 0.4) is 0 Å². The molecule has 0 aliphatic carbocycles. The van der Waals surface area contributed by atoms with E-state index in [9.17, 15) is 31.5 Å². The van der Waals surface area contributed by atoms with Crippen LogP contribution in [0, 0.1) is 11.6 Å². The summed E-state index contributed by atoms with van der Waals surface area (Å²) in [6, 6.07) is 5.78. The van der Waals surface area contributed by atoms with E-state index in [0.29, 0.717) is 0 Å². The fourth-order valence-electron chi connectivity index (χ4n) is 2.55. The molecule has 0 radical (unpaired) electrons. The average Bonchev–Trinajstić information content (AvgIpc) is 3.06. The third kappa shape index (κ3) is 4.85. The van der Waals surface area contributed by atoms with Crippen molar-refractivity contribution in [3.63, 3.8) is 0 Å². The number of benzene rings is 2. The van der Waals surface area contributed by atoms with E-state index in [1.54, 1.807) is 0 Å². The normalized spacial score (nSPS) is 11.4. The lowest BCUT2D eigenvalue weighted by atomic mass is 10.2. The summed E-state index contributed by atoms with van der Waals surface area (Å²) in [6.45, 7) is -0.192. The van der Waals surface area contributed by atoms with Gasteiger partial charge in [0.2, 0.25) is 0 Å². The topological polar surface area (TPSA) is 83.2 Å². The summed E-state index contributed by atoms with van der Waals surface area (Å²) in [5, 5.41) is 4.72. The van der Waals surface area contributed by atoms with Crippen molar-refractivity contribution in [1.29, 1.82) is 0 Å². The lowest BCUT2D eigenvalue weighted by molar-refractivity contribution is -0.137. The number of hydrogen-bond donors (Lipinski definition) is 3. The molecule has 3 aromatic rings. The van der Waals surface area contributed by atoms with Gasteiger partial charge in [-0.1, -0.05) is 0 Å². The lowest BCUT2D eigenvalue weighted by Gasteiger charge is -2.10. The first kappa shape index (κ1) is 21.1. The number of rotatable bonds is 5. The number of amides is 2. The largest absolute Gasteiger partial charge is 0.492 e. The molecule has 3 rings (SSSR count). The van der Waals surface area contributed by atoms with Crippen molar-refractivity contribution in [2.45, 2.75) is 6.18 Å². The van der Waals surface area contributed by atoms with Gasteiger partial charge >= 0.3 is 18.0 Å². The highest BCUT2D eigenvalue weighted by Gasteiger charge is 2.30. The van der Waals surface area contributed by atoms with Gasteiger partial charge < -0.3 is 20.4 Å². The molecule has 0 fully saturated rings. The summed E-state index contributed by atoms with van der Waals surface area (Å²) in [5.41, 5.74) is -0.501. The first-order chi connectivity index (χ1) is 14.1. The summed E-state index contributed by atoms with van der Waals surface area (Å²) < 4.78 is 69.2. The van der Waals surface area contributed by atoms with Crippen LogP contribution in [0.4, 0.5) is 27.6 Å². The molecule has 0 aliphatic heterocycles. The van der Waals surface area contributed by atoms with E-state index >= 15 is 0 Å². The van der Waals surface area contributed by atoms with Crippen LogP contribution >= 0.6 is 0 Å². The number of carbonyl (C=O) groups is 2. The molecule has 2 amide bonds. The highest BCUT2D eigenvalue weighted by molar-refractivity contribution is 6.40. The Kier molecular flexibility index (Phi) is 5.90. The van der Waals surface area contributed by atoms with Gasteiger partial charge in [0, 0.05) is 17.6 Å². The molecular weight excluding hydrogens is 413 g/mol. The zero-order chi connectivity index (χ0) is 21.9. The molecule has 11 heteroatoms. The van der Waals surface area contributed by atoms with Gasteiger partial charge in [-0.3, -0.25) is 9.59 Å². The van der Waals surface area contributed by atoms with Crippen LogP contribution in [-0.4, -0.2) is 29.9 Å². The van der Waals surface area contributed by atoms with E-state index in [0.717, 1.165) is 36.4 Å².